The molecule has 1 aromatic rings. The van der Waals surface area contributed by atoms with Crippen molar-refractivity contribution in [2.24, 2.45) is 5.92 Å². The Hall–Kier alpha value is -2.04. The van der Waals surface area contributed by atoms with Gasteiger partial charge in [0.05, 0.1) is 5.92 Å². The molecule has 0 aliphatic carbocycles. The van der Waals surface area contributed by atoms with Crippen molar-refractivity contribution in [1.82, 2.24) is 5.32 Å². The number of para-hydroxylation sites is 1. The Labute approximate surface area is 118 Å². The summed E-state index contributed by atoms with van der Waals surface area (Å²) in [4.78, 5) is 24.8. The van der Waals surface area contributed by atoms with Crippen LogP contribution in [0.1, 0.15) is 25.8 Å². The summed E-state index contributed by atoms with van der Waals surface area (Å²) in [5.74, 6) is -1.49. The second-order valence-electron chi connectivity index (χ2n) is 5.31. The lowest BCUT2D eigenvalue weighted by molar-refractivity contribution is -0.140. The maximum Gasteiger partial charge on any atom is 0.322 e. The molecule has 2 rings (SSSR count). The third-order valence-corrected chi connectivity index (χ3v) is 3.72. The van der Waals surface area contributed by atoms with Crippen LogP contribution in [-0.4, -0.2) is 29.7 Å². The molecule has 20 heavy (non-hydrogen) atoms. The van der Waals surface area contributed by atoms with E-state index in [1.165, 1.54) is 0 Å². The third-order valence-electron chi connectivity index (χ3n) is 3.72. The highest BCUT2D eigenvalue weighted by atomic mass is 16.4. The van der Waals surface area contributed by atoms with Gasteiger partial charge in [0.1, 0.15) is 0 Å². The van der Waals surface area contributed by atoms with E-state index in [9.17, 15) is 9.59 Å². The van der Waals surface area contributed by atoms with Gasteiger partial charge in [-0.2, -0.15) is 0 Å². The quantitative estimate of drug-likeness (QED) is 0.889. The molecule has 0 spiro atoms. The summed E-state index contributed by atoms with van der Waals surface area (Å²) in [7, 11) is 0. The number of aryl methyl sites for hydroxylation is 1. The molecule has 108 valence electrons. The van der Waals surface area contributed by atoms with Gasteiger partial charge in [0, 0.05) is 18.3 Å². The fraction of sp³-hybridized carbons (Fsp3) is 0.467. The van der Waals surface area contributed by atoms with E-state index < -0.39 is 11.9 Å². The van der Waals surface area contributed by atoms with E-state index in [1.54, 1.807) is 11.8 Å². The fourth-order valence-corrected chi connectivity index (χ4v) is 2.41. The molecule has 5 heteroatoms. The lowest BCUT2D eigenvalue weighted by Gasteiger charge is -2.35. The Morgan fingerprint density at radius 1 is 1.45 bits per heavy atom. The largest absolute Gasteiger partial charge is 0.481 e. The fourth-order valence-electron chi connectivity index (χ4n) is 2.41. The van der Waals surface area contributed by atoms with Crippen molar-refractivity contribution in [3.8, 4) is 0 Å². The lowest BCUT2D eigenvalue weighted by Crippen LogP contribution is -2.49. The smallest absolute Gasteiger partial charge is 0.322 e. The Morgan fingerprint density at radius 2 is 2.15 bits per heavy atom. The third kappa shape index (κ3) is 2.92. The van der Waals surface area contributed by atoms with Crippen molar-refractivity contribution in [2.75, 3.05) is 11.4 Å². The zero-order valence-corrected chi connectivity index (χ0v) is 11.8. The van der Waals surface area contributed by atoms with Crippen LogP contribution < -0.4 is 10.2 Å². The highest BCUT2D eigenvalue weighted by Crippen LogP contribution is 2.30. The summed E-state index contributed by atoms with van der Waals surface area (Å²) in [6, 6.07) is 7.74. The van der Waals surface area contributed by atoms with Crippen LogP contribution in [0, 0.1) is 5.92 Å². The van der Waals surface area contributed by atoms with Gasteiger partial charge in [0.25, 0.3) is 0 Å². The molecule has 0 aromatic heterocycles. The van der Waals surface area contributed by atoms with Gasteiger partial charge in [-0.1, -0.05) is 25.1 Å². The standard InChI is InChI=1S/C15H20N2O3/c1-10(14(18)19)9-16-15(20)17-11(2)7-8-12-5-3-4-6-13(12)17/h3-6,10-11H,7-9H2,1-2H3,(H,16,20)(H,18,19). The molecule has 2 unspecified atom stereocenters. The van der Waals surface area contributed by atoms with E-state index in [-0.39, 0.29) is 18.6 Å². The zero-order chi connectivity index (χ0) is 14.7. The maximum atomic E-state index is 12.3. The van der Waals surface area contributed by atoms with Crippen molar-refractivity contribution in [3.63, 3.8) is 0 Å². The van der Waals surface area contributed by atoms with Crippen LogP contribution in [0.15, 0.2) is 24.3 Å². The maximum absolute atomic E-state index is 12.3. The first-order valence-electron chi connectivity index (χ1n) is 6.88. The number of carbonyl (C=O) groups is 2. The topological polar surface area (TPSA) is 69.6 Å². The number of urea groups is 1. The minimum Gasteiger partial charge on any atom is -0.481 e. The van der Waals surface area contributed by atoms with Gasteiger partial charge >= 0.3 is 12.0 Å². The van der Waals surface area contributed by atoms with E-state index in [2.05, 4.69) is 5.32 Å². The number of carbonyl (C=O) groups excluding carboxylic acids is 1. The Balaban J connectivity index is 2.11. The van der Waals surface area contributed by atoms with Gasteiger partial charge in [-0.25, -0.2) is 4.79 Å². The minimum atomic E-state index is -0.905. The SMILES string of the molecule is CC(CNC(=O)N1c2ccccc2CCC1C)C(=O)O. The summed E-state index contributed by atoms with van der Waals surface area (Å²) < 4.78 is 0. The first-order valence-corrected chi connectivity index (χ1v) is 6.88. The molecule has 0 bridgehead atoms. The number of hydrogen-bond donors (Lipinski definition) is 2. The number of carboxylic acid groups (broad SMARTS) is 1. The van der Waals surface area contributed by atoms with Gasteiger partial charge in [-0.15, -0.1) is 0 Å². The number of fused-ring (bicyclic) bond motifs is 1. The predicted molar refractivity (Wildman–Crippen MR) is 76.9 cm³/mol. The average molecular weight is 276 g/mol. The molecule has 2 N–H and O–H groups in total. The number of anilines is 1. The summed E-state index contributed by atoms with van der Waals surface area (Å²) >= 11 is 0. The molecule has 0 radical (unpaired) electrons. The van der Waals surface area contributed by atoms with Gasteiger partial charge in [0.2, 0.25) is 0 Å². The highest BCUT2D eigenvalue weighted by molar-refractivity contribution is 5.94. The summed E-state index contributed by atoms with van der Waals surface area (Å²) in [6.07, 6.45) is 1.88. The number of nitrogens with zero attached hydrogens (tertiary/aromatic N) is 1. The monoisotopic (exact) mass is 276 g/mol. The van der Waals surface area contributed by atoms with E-state index in [0.717, 1.165) is 24.1 Å². The van der Waals surface area contributed by atoms with Crippen molar-refractivity contribution < 1.29 is 14.7 Å². The number of rotatable bonds is 3. The van der Waals surface area contributed by atoms with Crippen molar-refractivity contribution >= 4 is 17.7 Å². The molecule has 1 aliphatic heterocycles. The van der Waals surface area contributed by atoms with Crippen LogP contribution in [0.4, 0.5) is 10.5 Å². The average Bonchev–Trinajstić information content (AvgIpc) is 2.44. The van der Waals surface area contributed by atoms with Crippen molar-refractivity contribution in [3.05, 3.63) is 29.8 Å². The number of carboxylic acids is 1. The van der Waals surface area contributed by atoms with Crippen molar-refractivity contribution in [1.29, 1.82) is 0 Å². The minimum absolute atomic E-state index is 0.116. The first kappa shape index (κ1) is 14.4. The molecular formula is C15H20N2O3. The molecule has 5 nitrogen and oxygen atoms in total. The predicted octanol–water partition coefficient (Wildman–Crippen LogP) is 2.26. The number of nitrogens with one attached hydrogen (secondary N) is 1. The van der Waals surface area contributed by atoms with E-state index >= 15 is 0 Å². The molecule has 0 fully saturated rings. The molecule has 1 aliphatic rings. The van der Waals surface area contributed by atoms with Crippen LogP contribution in [0.2, 0.25) is 0 Å². The molecule has 1 heterocycles. The van der Waals surface area contributed by atoms with Crippen LogP contribution in [-0.2, 0) is 11.2 Å². The first-order chi connectivity index (χ1) is 9.50. The Kier molecular flexibility index (Phi) is 4.27. The summed E-state index contributed by atoms with van der Waals surface area (Å²) in [6.45, 7) is 3.73. The normalized spacial score (nSPS) is 19.1. The molecule has 0 saturated heterocycles. The van der Waals surface area contributed by atoms with E-state index in [4.69, 9.17) is 5.11 Å². The van der Waals surface area contributed by atoms with Crippen LogP contribution >= 0.6 is 0 Å². The van der Waals surface area contributed by atoms with Crippen molar-refractivity contribution in [2.45, 2.75) is 32.7 Å². The van der Waals surface area contributed by atoms with Gasteiger partial charge in [0.15, 0.2) is 0 Å². The number of aliphatic carboxylic acids is 1. The van der Waals surface area contributed by atoms with Gasteiger partial charge in [-0.05, 0) is 31.4 Å². The Morgan fingerprint density at radius 3 is 2.85 bits per heavy atom. The summed E-state index contributed by atoms with van der Waals surface area (Å²) in [5.41, 5.74) is 2.08. The molecule has 2 amide bonds. The van der Waals surface area contributed by atoms with Gasteiger partial charge < -0.3 is 10.4 Å². The number of benzene rings is 1. The summed E-state index contributed by atoms with van der Waals surface area (Å²) in [5, 5.41) is 11.6. The number of hydrogen-bond acceptors (Lipinski definition) is 2. The highest BCUT2D eigenvalue weighted by Gasteiger charge is 2.28. The molecular weight excluding hydrogens is 256 g/mol. The Bertz CT molecular complexity index is 516. The lowest BCUT2D eigenvalue weighted by atomic mass is 9.97. The second-order valence-corrected chi connectivity index (χ2v) is 5.31. The van der Waals surface area contributed by atoms with Crippen LogP contribution in [0.25, 0.3) is 0 Å². The zero-order valence-electron chi connectivity index (χ0n) is 11.8. The second kappa shape index (κ2) is 5.94. The van der Waals surface area contributed by atoms with E-state index in [0.29, 0.717) is 0 Å². The molecule has 2 atom stereocenters. The number of amides is 2. The molecule has 1 aromatic carbocycles. The van der Waals surface area contributed by atoms with E-state index in [1.807, 2.05) is 31.2 Å². The van der Waals surface area contributed by atoms with Crippen LogP contribution in [0.3, 0.4) is 0 Å². The van der Waals surface area contributed by atoms with Gasteiger partial charge in [-0.3, -0.25) is 9.69 Å². The van der Waals surface area contributed by atoms with Crippen LogP contribution in [0.5, 0.6) is 0 Å². The molecule has 0 saturated carbocycles.